The van der Waals surface area contributed by atoms with Crippen molar-refractivity contribution in [3.63, 3.8) is 0 Å². The molecule has 0 radical (unpaired) electrons. The van der Waals surface area contributed by atoms with Gasteiger partial charge in [0.1, 0.15) is 12.1 Å². The van der Waals surface area contributed by atoms with Crippen molar-refractivity contribution in [3.05, 3.63) is 54.1 Å². The van der Waals surface area contributed by atoms with Crippen molar-refractivity contribution in [3.8, 4) is 5.82 Å². The molecule has 0 spiro atoms. The summed E-state index contributed by atoms with van der Waals surface area (Å²) in [6, 6.07) is 11.8. The summed E-state index contributed by atoms with van der Waals surface area (Å²) in [5.41, 5.74) is 2.80. The van der Waals surface area contributed by atoms with Crippen molar-refractivity contribution in [1.82, 2.24) is 24.6 Å². The van der Waals surface area contributed by atoms with E-state index in [0.29, 0.717) is 26.2 Å². The minimum absolute atomic E-state index is 0.0704. The van der Waals surface area contributed by atoms with Crippen molar-refractivity contribution >= 4 is 29.3 Å². The lowest BCUT2D eigenvalue weighted by atomic mass is 10.3. The molecule has 3 heterocycles. The molecule has 1 saturated heterocycles. The number of carbonyl (C=O) groups excluding carboxylic acids is 1. The fraction of sp³-hybridized carbons (Fsp3) is 0.333. The van der Waals surface area contributed by atoms with E-state index >= 15 is 0 Å². The first kappa shape index (κ1) is 20.2. The minimum atomic E-state index is -0.0704. The van der Waals surface area contributed by atoms with Crippen molar-refractivity contribution < 1.29 is 4.79 Å². The van der Waals surface area contributed by atoms with E-state index in [4.69, 9.17) is 0 Å². The lowest BCUT2D eigenvalue weighted by Crippen LogP contribution is -2.50. The third kappa shape index (κ3) is 4.40. The van der Waals surface area contributed by atoms with Crippen molar-refractivity contribution in [2.24, 2.45) is 0 Å². The molecular formula is C21H25N7OS. The maximum Gasteiger partial charge on any atom is 0.321 e. The zero-order valence-corrected chi connectivity index (χ0v) is 18.2. The normalized spacial score (nSPS) is 14.1. The smallest absolute Gasteiger partial charge is 0.321 e. The van der Waals surface area contributed by atoms with Crippen LogP contribution < -0.4 is 10.2 Å². The molecule has 8 nitrogen and oxygen atoms in total. The molecule has 0 atom stereocenters. The molecule has 4 rings (SSSR count). The number of anilines is 2. The number of aryl methyl sites for hydroxylation is 2. The summed E-state index contributed by atoms with van der Waals surface area (Å²) in [5.74, 6) is 1.60. The number of rotatable bonds is 4. The molecule has 2 aromatic heterocycles. The summed E-state index contributed by atoms with van der Waals surface area (Å²) < 4.78 is 1.83. The molecule has 1 N–H and O–H groups in total. The van der Waals surface area contributed by atoms with Gasteiger partial charge < -0.3 is 15.1 Å². The summed E-state index contributed by atoms with van der Waals surface area (Å²) in [6.45, 7) is 6.67. The van der Waals surface area contributed by atoms with Crippen LogP contribution in [0.4, 0.5) is 16.3 Å². The van der Waals surface area contributed by atoms with Gasteiger partial charge in [-0.15, -0.1) is 11.8 Å². The highest BCUT2D eigenvalue weighted by molar-refractivity contribution is 7.98. The minimum Gasteiger partial charge on any atom is -0.353 e. The number of nitrogens with one attached hydrogen (secondary N) is 1. The van der Waals surface area contributed by atoms with Crippen molar-refractivity contribution in [2.75, 3.05) is 42.7 Å². The van der Waals surface area contributed by atoms with Crippen LogP contribution in [0.1, 0.15) is 11.4 Å². The molecule has 0 saturated carbocycles. The van der Waals surface area contributed by atoms with Gasteiger partial charge in [-0.1, -0.05) is 6.07 Å². The molecule has 0 aliphatic carbocycles. The summed E-state index contributed by atoms with van der Waals surface area (Å²) in [6.07, 6.45) is 3.59. The van der Waals surface area contributed by atoms with Crippen LogP contribution in [0.25, 0.3) is 5.82 Å². The number of hydrogen-bond acceptors (Lipinski definition) is 6. The van der Waals surface area contributed by atoms with Crippen LogP contribution in [0.2, 0.25) is 0 Å². The van der Waals surface area contributed by atoms with Gasteiger partial charge in [-0.3, -0.25) is 0 Å². The number of nitrogens with zero attached hydrogens (tertiary/aromatic N) is 6. The summed E-state index contributed by atoms with van der Waals surface area (Å²) in [7, 11) is 0. The zero-order chi connectivity index (χ0) is 21.1. The molecule has 9 heteroatoms. The molecule has 1 aliphatic heterocycles. The number of benzene rings is 1. The summed E-state index contributed by atoms with van der Waals surface area (Å²) >= 11 is 1.66. The Morgan fingerprint density at radius 2 is 1.80 bits per heavy atom. The van der Waals surface area contributed by atoms with Crippen LogP contribution in [0.3, 0.4) is 0 Å². The van der Waals surface area contributed by atoms with Crippen LogP contribution in [-0.4, -0.2) is 63.1 Å². The standard InChI is InChI=1S/C21H25N7OS/c1-15-11-16(2)28(25-15)20-13-19(22-14-23-20)26-7-9-27(10-8-26)21(29)24-17-5-4-6-18(12-17)30-3/h4-6,11-14H,7-10H2,1-3H3,(H,24,29). The second kappa shape index (κ2) is 8.74. The second-order valence-electron chi connectivity index (χ2n) is 7.21. The van der Waals surface area contributed by atoms with E-state index in [1.165, 1.54) is 0 Å². The molecule has 156 valence electrons. The third-order valence-electron chi connectivity index (χ3n) is 5.08. The van der Waals surface area contributed by atoms with Gasteiger partial charge in [-0.05, 0) is 44.4 Å². The quantitative estimate of drug-likeness (QED) is 0.649. The SMILES string of the molecule is CSc1cccc(NC(=O)N2CCN(c3cc(-n4nc(C)cc4C)ncn3)CC2)c1. The maximum atomic E-state index is 12.6. The maximum absolute atomic E-state index is 12.6. The topological polar surface area (TPSA) is 79.2 Å². The molecule has 0 bridgehead atoms. The Hall–Kier alpha value is -3.07. The first-order valence-electron chi connectivity index (χ1n) is 9.84. The van der Waals surface area contributed by atoms with Gasteiger partial charge in [-0.25, -0.2) is 19.4 Å². The average molecular weight is 424 g/mol. The Kier molecular flexibility index (Phi) is 5.89. The van der Waals surface area contributed by atoms with E-state index < -0.39 is 0 Å². The number of amides is 2. The van der Waals surface area contributed by atoms with Crippen LogP contribution in [0.15, 0.2) is 47.6 Å². The van der Waals surface area contributed by atoms with Crippen LogP contribution >= 0.6 is 11.8 Å². The Morgan fingerprint density at radius 1 is 1.03 bits per heavy atom. The summed E-state index contributed by atoms with van der Waals surface area (Å²) in [5, 5.41) is 7.50. The predicted molar refractivity (Wildman–Crippen MR) is 120 cm³/mol. The molecular weight excluding hydrogens is 398 g/mol. The van der Waals surface area contributed by atoms with Gasteiger partial charge in [0.05, 0.1) is 5.69 Å². The van der Waals surface area contributed by atoms with Crippen LogP contribution in [-0.2, 0) is 0 Å². The lowest BCUT2D eigenvalue weighted by molar-refractivity contribution is 0.208. The van der Waals surface area contributed by atoms with Gasteiger partial charge in [0.15, 0.2) is 5.82 Å². The van der Waals surface area contributed by atoms with E-state index in [2.05, 4.69) is 25.3 Å². The average Bonchev–Trinajstić information content (AvgIpc) is 3.12. The number of carbonyl (C=O) groups is 1. The predicted octanol–water partition coefficient (Wildman–Crippen LogP) is 3.36. The second-order valence-corrected chi connectivity index (χ2v) is 8.09. The lowest BCUT2D eigenvalue weighted by Gasteiger charge is -2.35. The highest BCUT2D eigenvalue weighted by Gasteiger charge is 2.22. The van der Waals surface area contributed by atoms with Crippen molar-refractivity contribution in [2.45, 2.75) is 18.7 Å². The van der Waals surface area contributed by atoms with E-state index in [9.17, 15) is 4.79 Å². The van der Waals surface area contributed by atoms with E-state index in [1.807, 2.05) is 66.1 Å². The Morgan fingerprint density at radius 3 is 2.50 bits per heavy atom. The molecule has 1 aromatic carbocycles. The molecule has 1 aliphatic rings. The van der Waals surface area contributed by atoms with Crippen LogP contribution in [0, 0.1) is 13.8 Å². The molecule has 0 unspecified atom stereocenters. The number of hydrogen-bond donors (Lipinski definition) is 1. The molecule has 2 amide bonds. The van der Waals surface area contributed by atoms with Crippen molar-refractivity contribution in [1.29, 1.82) is 0 Å². The fourth-order valence-corrected chi connectivity index (χ4v) is 3.99. The fourth-order valence-electron chi connectivity index (χ4n) is 3.53. The highest BCUT2D eigenvalue weighted by Crippen LogP contribution is 2.20. The summed E-state index contributed by atoms with van der Waals surface area (Å²) in [4.78, 5) is 26.6. The van der Waals surface area contributed by atoms with Crippen LogP contribution in [0.5, 0.6) is 0 Å². The Balaban J connectivity index is 1.39. The van der Waals surface area contributed by atoms with Gasteiger partial charge in [0, 0.05) is 48.5 Å². The Bertz CT molecular complexity index is 1040. The van der Waals surface area contributed by atoms with Gasteiger partial charge in [0.2, 0.25) is 0 Å². The largest absolute Gasteiger partial charge is 0.353 e. The third-order valence-corrected chi connectivity index (χ3v) is 5.80. The number of aromatic nitrogens is 4. The molecule has 3 aromatic rings. The van der Waals surface area contributed by atoms with E-state index in [-0.39, 0.29) is 6.03 Å². The molecule has 30 heavy (non-hydrogen) atoms. The number of thioether (sulfide) groups is 1. The first-order valence-corrected chi connectivity index (χ1v) is 11.1. The van der Waals surface area contributed by atoms with E-state index in [0.717, 1.165) is 33.6 Å². The first-order chi connectivity index (χ1) is 14.5. The number of piperazine rings is 1. The van der Waals surface area contributed by atoms with Gasteiger partial charge in [-0.2, -0.15) is 5.10 Å². The monoisotopic (exact) mass is 423 g/mol. The van der Waals surface area contributed by atoms with E-state index in [1.54, 1.807) is 18.1 Å². The van der Waals surface area contributed by atoms with Gasteiger partial charge >= 0.3 is 6.03 Å². The highest BCUT2D eigenvalue weighted by atomic mass is 32.2. The molecule has 1 fully saturated rings. The zero-order valence-electron chi connectivity index (χ0n) is 17.4. The Labute approximate surface area is 180 Å². The van der Waals surface area contributed by atoms with Gasteiger partial charge in [0.25, 0.3) is 0 Å². The number of urea groups is 1.